The molecule has 1 aromatic rings. The zero-order valence-electron chi connectivity index (χ0n) is 13.7. The summed E-state index contributed by atoms with van der Waals surface area (Å²) < 4.78 is 0. The molecule has 0 radical (unpaired) electrons. The molecular weight excluding hydrogens is 274 g/mol. The number of nitrogens with zero attached hydrogens (tertiary/aromatic N) is 1. The predicted octanol–water partition coefficient (Wildman–Crippen LogP) is 1.59. The number of aliphatic hydroxyl groups excluding tert-OH is 1. The molecule has 4 heteroatoms. The molecule has 4 N–H and O–H groups in total. The van der Waals surface area contributed by atoms with Crippen LogP contribution in [0.15, 0.2) is 30.3 Å². The number of nitrogens with one attached hydrogen (secondary N) is 1. The molecule has 3 unspecified atom stereocenters. The van der Waals surface area contributed by atoms with Crippen molar-refractivity contribution in [3.8, 4) is 0 Å². The maximum absolute atomic E-state index is 9.96. The molecule has 1 fully saturated rings. The molecule has 0 aromatic heterocycles. The van der Waals surface area contributed by atoms with Crippen molar-refractivity contribution in [1.29, 1.82) is 0 Å². The van der Waals surface area contributed by atoms with Crippen molar-refractivity contribution < 1.29 is 5.11 Å². The van der Waals surface area contributed by atoms with E-state index in [-0.39, 0.29) is 6.10 Å². The van der Waals surface area contributed by atoms with Crippen LogP contribution in [0, 0.1) is 5.92 Å². The van der Waals surface area contributed by atoms with Gasteiger partial charge in [-0.15, -0.1) is 0 Å². The first-order valence-corrected chi connectivity index (χ1v) is 8.59. The molecule has 0 saturated carbocycles. The largest absolute Gasteiger partial charge is 0.393 e. The van der Waals surface area contributed by atoms with Crippen LogP contribution in [0.25, 0.3) is 0 Å². The Morgan fingerprint density at radius 1 is 1.32 bits per heavy atom. The van der Waals surface area contributed by atoms with E-state index in [0.29, 0.717) is 18.5 Å². The average molecular weight is 305 g/mol. The van der Waals surface area contributed by atoms with E-state index in [1.807, 2.05) is 0 Å². The van der Waals surface area contributed by atoms with Crippen molar-refractivity contribution >= 4 is 0 Å². The van der Waals surface area contributed by atoms with E-state index < -0.39 is 0 Å². The molecule has 124 valence electrons. The molecule has 1 saturated heterocycles. The lowest BCUT2D eigenvalue weighted by Crippen LogP contribution is -2.50. The van der Waals surface area contributed by atoms with Crippen molar-refractivity contribution in [2.45, 2.75) is 44.9 Å². The fourth-order valence-corrected chi connectivity index (χ4v) is 3.40. The van der Waals surface area contributed by atoms with Gasteiger partial charge >= 0.3 is 0 Å². The maximum atomic E-state index is 9.96. The Labute approximate surface area is 134 Å². The summed E-state index contributed by atoms with van der Waals surface area (Å²) in [5.41, 5.74) is 7.05. The van der Waals surface area contributed by atoms with Gasteiger partial charge in [0, 0.05) is 38.8 Å². The van der Waals surface area contributed by atoms with E-state index in [2.05, 4.69) is 47.5 Å². The highest BCUT2D eigenvalue weighted by Gasteiger charge is 2.27. The second-order valence-corrected chi connectivity index (χ2v) is 6.51. The first kappa shape index (κ1) is 17.4. The van der Waals surface area contributed by atoms with E-state index in [1.165, 1.54) is 5.56 Å². The highest BCUT2D eigenvalue weighted by molar-refractivity contribution is 5.14. The minimum absolute atomic E-state index is 0.169. The monoisotopic (exact) mass is 305 g/mol. The molecular formula is C18H31N3O. The molecule has 1 aliphatic heterocycles. The molecule has 0 amide bonds. The van der Waals surface area contributed by atoms with E-state index in [9.17, 15) is 5.11 Å². The van der Waals surface area contributed by atoms with Gasteiger partial charge in [0.25, 0.3) is 0 Å². The Balaban J connectivity index is 1.87. The van der Waals surface area contributed by atoms with Crippen LogP contribution in [0.5, 0.6) is 0 Å². The summed E-state index contributed by atoms with van der Waals surface area (Å²) in [5.74, 6) is 0.559. The Morgan fingerprint density at radius 3 is 2.77 bits per heavy atom. The minimum atomic E-state index is -0.169. The van der Waals surface area contributed by atoms with Gasteiger partial charge in [0.15, 0.2) is 0 Å². The Morgan fingerprint density at radius 2 is 2.09 bits per heavy atom. The zero-order valence-corrected chi connectivity index (χ0v) is 13.7. The number of aliphatic hydroxyl groups is 1. The Bertz CT molecular complexity index is 412. The van der Waals surface area contributed by atoms with Crippen LogP contribution in [0.4, 0.5) is 0 Å². The van der Waals surface area contributed by atoms with Gasteiger partial charge in [-0.05, 0) is 30.7 Å². The lowest BCUT2D eigenvalue weighted by Gasteiger charge is -2.38. The summed E-state index contributed by atoms with van der Waals surface area (Å²) in [4.78, 5) is 2.44. The van der Waals surface area contributed by atoms with Gasteiger partial charge in [-0.25, -0.2) is 0 Å². The maximum Gasteiger partial charge on any atom is 0.0540 e. The van der Waals surface area contributed by atoms with Gasteiger partial charge in [0.2, 0.25) is 0 Å². The zero-order chi connectivity index (χ0) is 15.8. The number of hydrogen-bond acceptors (Lipinski definition) is 4. The fraction of sp³-hybridized carbons (Fsp3) is 0.667. The van der Waals surface area contributed by atoms with Crippen molar-refractivity contribution in [3.63, 3.8) is 0 Å². The van der Waals surface area contributed by atoms with Crippen LogP contribution in [0.2, 0.25) is 0 Å². The van der Waals surface area contributed by atoms with Gasteiger partial charge in [-0.1, -0.05) is 37.3 Å². The Kier molecular flexibility index (Phi) is 7.33. The standard InChI is InChI=1S/C18H31N3O/c1-2-18(22)11-16-10-17(14-21(13-16)9-8-19)20-12-15-6-4-3-5-7-15/h3-7,16-18,20,22H,2,8-14,19H2,1H3. The first-order chi connectivity index (χ1) is 10.7. The number of nitrogens with two attached hydrogens (primary N) is 1. The van der Waals surface area contributed by atoms with Crippen LogP contribution in [0.3, 0.4) is 0 Å². The molecule has 1 heterocycles. The minimum Gasteiger partial charge on any atom is -0.393 e. The third-order valence-electron chi connectivity index (χ3n) is 4.57. The van der Waals surface area contributed by atoms with E-state index in [4.69, 9.17) is 5.73 Å². The molecule has 3 atom stereocenters. The molecule has 2 rings (SSSR count). The van der Waals surface area contributed by atoms with Gasteiger partial charge in [0.1, 0.15) is 0 Å². The van der Waals surface area contributed by atoms with Gasteiger partial charge < -0.3 is 21.1 Å². The second-order valence-electron chi connectivity index (χ2n) is 6.51. The normalized spacial score (nSPS) is 24.3. The molecule has 1 aliphatic rings. The SMILES string of the molecule is CCC(O)CC1CC(NCc2ccccc2)CN(CCN)C1. The molecule has 22 heavy (non-hydrogen) atoms. The lowest BCUT2D eigenvalue weighted by atomic mass is 9.88. The predicted molar refractivity (Wildman–Crippen MR) is 91.6 cm³/mol. The smallest absolute Gasteiger partial charge is 0.0540 e. The van der Waals surface area contributed by atoms with Gasteiger partial charge in [-0.2, -0.15) is 0 Å². The third-order valence-corrected chi connectivity index (χ3v) is 4.57. The quantitative estimate of drug-likeness (QED) is 0.682. The van der Waals surface area contributed by atoms with Crippen LogP contribution in [-0.4, -0.2) is 48.3 Å². The summed E-state index contributed by atoms with van der Waals surface area (Å²) in [6.45, 7) is 6.73. The summed E-state index contributed by atoms with van der Waals surface area (Å²) >= 11 is 0. The highest BCUT2D eigenvalue weighted by Crippen LogP contribution is 2.22. The first-order valence-electron chi connectivity index (χ1n) is 8.59. The average Bonchev–Trinajstić information content (AvgIpc) is 2.54. The van der Waals surface area contributed by atoms with Crippen LogP contribution >= 0.6 is 0 Å². The lowest BCUT2D eigenvalue weighted by molar-refractivity contribution is 0.0849. The molecule has 0 aliphatic carbocycles. The van der Waals surface area contributed by atoms with E-state index >= 15 is 0 Å². The van der Waals surface area contributed by atoms with Gasteiger partial charge in [-0.3, -0.25) is 0 Å². The number of benzene rings is 1. The van der Waals surface area contributed by atoms with E-state index in [1.54, 1.807) is 0 Å². The molecule has 1 aromatic carbocycles. The fourth-order valence-electron chi connectivity index (χ4n) is 3.40. The van der Waals surface area contributed by atoms with Gasteiger partial charge in [0.05, 0.1) is 6.10 Å². The van der Waals surface area contributed by atoms with Crippen molar-refractivity contribution in [2.75, 3.05) is 26.2 Å². The number of hydrogen-bond donors (Lipinski definition) is 3. The van der Waals surface area contributed by atoms with Crippen molar-refractivity contribution in [3.05, 3.63) is 35.9 Å². The second kappa shape index (κ2) is 9.26. The Hall–Kier alpha value is -0.940. The topological polar surface area (TPSA) is 61.5 Å². The summed E-state index contributed by atoms with van der Waals surface area (Å²) in [5, 5.41) is 13.6. The summed E-state index contributed by atoms with van der Waals surface area (Å²) in [7, 11) is 0. The summed E-state index contributed by atoms with van der Waals surface area (Å²) in [6.07, 6.45) is 2.72. The number of piperidine rings is 1. The van der Waals surface area contributed by atoms with Crippen molar-refractivity contribution in [1.82, 2.24) is 10.2 Å². The number of likely N-dealkylation sites (tertiary alicyclic amines) is 1. The van der Waals surface area contributed by atoms with Crippen molar-refractivity contribution in [2.24, 2.45) is 11.7 Å². The van der Waals surface area contributed by atoms with Crippen LogP contribution in [0.1, 0.15) is 31.7 Å². The number of rotatable bonds is 8. The van der Waals surface area contributed by atoms with Crippen LogP contribution < -0.4 is 11.1 Å². The van der Waals surface area contributed by atoms with E-state index in [0.717, 1.165) is 45.4 Å². The third kappa shape index (κ3) is 5.69. The molecule has 4 nitrogen and oxygen atoms in total. The highest BCUT2D eigenvalue weighted by atomic mass is 16.3. The van der Waals surface area contributed by atoms with Crippen LogP contribution in [-0.2, 0) is 6.54 Å². The summed E-state index contributed by atoms with van der Waals surface area (Å²) in [6, 6.07) is 11.0. The molecule has 0 bridgehead atoms. The molecule has 0 spiro atoms.